The largest absolute Gasteiger partial charge is 0.482 e. The molecular formula is C18H18Cl2N2O3. The molecule has 0 aliphatic heterocycles. The van der Waals surface area contributed by atoms with Crippen LogP contribution >= 0.6 is 23.2 Å². The molecule has 0 aromatic heterocycles. The first-order valence-corrected chi connectivity index (χ1v) is 8.29. The van der Waals surface area contributed by atoms with Crippen LogP contribution in [0.5, 0.6) is 5.75 Å². The molecule has 0 saturated carbocycles. The van der Waals surface area contributed by atoms with Crippen molar-refractivity contribution in [2.75, 3.05) is 19.0 Å². The summed E-state index contributed by atoms with van der Waals surface area (Å²) >= 11 is 11.9. The smallest absolute Gasteiger partial charge is 0.260 e. The van der Waals surface area contributed by atoms with Gasteiger partial charge in [-0.3, -0.25) is 9.59 Å². The molecule has 2 aromatic carbocycles. The van der Waals surface area contributed by atoms with Crippen LogP contribution in [0, 0.1) is 0 Å². The second-order valence-corrected chi connectivity index (χ2v) is 6.28. The standard InChI is InChI=1S/C18H18Cl2N2O3/c1-12(23)21-16-5-3-4-6-17(16)25-11-18(24)22(2)10-13-7-8-14(19)15(20)9-13/h3-9H,10-11H2,1-2H3,(H,21,23). The Morgan fingerprint density at radius 2 is 1.84 bits per heavy atom. The number of carbonyl (C=O) groups is 2. The lowest BCUT2D eigenvalue weighted by atomic mass is 10.2. The summed E-state index contributed by atoms with van der Waals surface area (Å²) in [5, 5.41) is 3.58. The van der Waals surface area contributed by atoms with Crippen molar-refractivity contribution in [3.05, 3.63) is 58.1 Å². The van der Waals surface area contributed by atoms with Gasteiger partial charge in [-0.05, 0) is 29.8 Å². The van der Waals surface area contributed by atoms with Crippen molar-refractivity contribution in [3.63, 3.8) is 0 Å². The Kier molecular flexibility index (Phi) is 6.67. The van der Waals surface area contributed by atoms with Gasteiger partial charge in [-0.1, -0.05) is 41.4 Å². The molecule has 5 nitrogen and oxygen atoms in total. The van der Waals surface area contributed by atoms with Crippen molar-refractivity contribution in [2.24, 2.45) is 0 Å². The SMILES string of the molecule is CC(=O)Nc1ccccc1OCC(=O)N(C)Cc1ccc(Cl)c(Cl)c1. The zero-order valence-corrected chi connectivity index (χ0v) is 15.4. The Balaban J connectivity index is 1.95. The molecule has 2 amide bonds. The van der Waals surface area contributed by atoms with Crippen LogP contribution in [0.4, 0.5) is 5.69 Å². The minimum Gasteiger partial charge on any atom is -0.482 e. The van der Waals surface area contributed by atoms with Gasteiger partial charge in [-0.15, -0.1) is 0 Å². The number of carbonyl (C=O) groups excluding carboxylic acids is 2. The summed E-state index contributed by atoms with van der Waals surface area (Å²) in [6.07, 6.45) is 0. The van der Waals surface area contributed by atoms with Crippen LogP contribution in [0.1, 0.15) is 12.5 Å². The lowest BCUT2D eigenvalue weighted by Crippen LogP contribution is -2.31. The highest BCUT2D eigenvalue weighted by molar-refractivity contribution is 6.42. The maximum Gasteiger partial charge on any atom is 0.260 e. The van der Waals surface area contributed by atoms with Crippen LogP contribution in [-0.4, -0.2) is 30.4 Å². The first-order chi connectivity index (χ1) is 11.9. The van der Waals surface area contributed by atoms with Gasteiger partial charge in [0.05, 0.1) is 15.7 Å². The van der Waals surface area contributed by atoms with Gasteiger partial charge in [-0.25, -0.2) is 0 Å². The molecule has 0 atom stereocenters. The lowest BCUT2D eigenvalue weighted by molar-refractivity contribution is -0.132. The quantitative estimate of drug-likeness (QED) is 0.823. The normalized spacial score (nSPS) is 10.2. The Morgan fingerprint density at radius 1 is 1.12 bits per heavy atom. The highest BCUT2D eigenvalue weighted by atomic mass is 35.5. The molecule has 0 unspecified atom stereocenters. The fraction of sp³-hybridized carbons (Fsp3) is 0.222. The van der Waals surface area contributed by atoms with Gasteiger partial charge in [0.1, 0.15) is 5.75 Å². The molecule has 0 aliphatic rings. The fourth-order valence-electron chi connectivity index (χ4n) is 2.14. The zero-order valence-electron chi connectivity index (χ0n) is 13.9. The van der Waals surface area contributed by atoms with E-state index in [0.717, 1.165) is 5.56 Å². The summed E-state index contributed by atoms with van der Waals surface area (Å²) in [6, 6.07) is 12.2. The molecule has 0 bridgehead atoms. The molecule has 2 aromatic rings. The minimum atomic E-state index is -0.209. The highest BCUT2D eigenvalue weighted by Gasteiger charge is 2.13. The third-order valence-corrected chi connectivity index (χ3v) is 4.12. The van der Waals surface area contributed by atoms with Crippen LogP contribution in [-0.2, 0) is 16.1 Å². The number of nitrogens with one attached hydrogen (secondary N) is 1. The third-order valence-electron chi connectivity index (χ3n) is 3.38. The summed E-state index contributed by atoms with van der Waals surface area (Å²) < 4.78 is 5.55. The third kappa shape index (κ3) is 5.66. The second-order valence-electron chi connectivity index (χ2n) is 5.46. The summed E-state index contributed by atoms with van der Waals surface area (Å²) in [7, 11) is 1.67. The van der Waals surface area contributed by atoms with Crippen molar-refractivity contribution in [2.45, 2.75) is 13.5 Å². The first kappa shape index (κ1) is 19.1. The number of hydrogen-bond donors (Lipinski definition) is 1. The molecule has 0 spiro atoms. The van der Waals surface area contributed by atoms with Crippen LogP contribution in [0.25, 0.3) is 0 Å². The van der Waals surface area contributed by atoms with Gasteiger partial charge in [0.15, 0.2) is 6.61 Å². The van der Waals surface area contributed by atoms with Crippen molar-refractivity contribution >= 4 is 40.7 Å². The lowest BCUT2D eigenvalue weighted by Gasteiger charge is -2.18. The number of rotatable bonds is 6. The molecule has 0 heterocycles. The predicted octanol–water partition coefficient (Wildman–Crippen LogP) is 3.99. The monoisotopic (exact) mass is 380 g/mol. The summed E-state index contributed by atoms with van der Waals surface area (Å²) in [4.78, 5) is 25.0. The van der Waals surface area contributed by atoms with Crippen molar-refractivity contribution in [1.29, 1.82) is 0 Å². The van der Waals surface area contributed by atoms with Crippen LogP contribution in [0.3, 0.4) is 0 Å². The molecule has 1 N–H and O–H groups in total. The number of para-hydroxylation sites is 2. The molecule has 25 heavy (non-hydrogen) atoms. The number of benzene rings is 2. The molecule has 132 valence electrons. The topological polar surface area (TPSA) is 58.6 Å². The molecule has 2 rings (SSSR count). The van der Waals surface area contributed by atoms with E-state index >= 15 is 0 Å². The van der Waals surface area contributed by atoms with Crippen LogP contribution in [0.2, 0.25) is 10.0 Å². The Labute approximate surface area is 156 Å². The van der Waals surface area contributed by atoms with E-state index in [1.54, 1.807) is 43.4 Å². The summed E-state index contributed by atoms with van der Waals surface area (Å²) in [5.41, 5.74) is 1.39. The number of anilines is 1. The number of hydrogen-bond acceptors (Lipinski definition) is 3. The van der Waals surface area contributed by atoms with E-state index in [1.807, 2.05) is 6.07 Å². The van der Waals surface area contributed by atoms with Gasteiger partial charge in [0.25, 0.3) is 5.91 Å². The predicted molar refractivity (Wildman–Crippen MR) is 99.2 cm³/mol. The first-order valence-electron chi connectivity index (χ1n) is 7.54. The molecule has 0 fully saturated rings. The average Bonchev–Trinajstić information content (AvgIpc) is 2.56. The number of nitrogens with zero attached hydrogens (tertiary/aromatic N) is 1. The molecule has 0 aliphatic carbocycles. The second kappa shape index (κ2) is 8.74. The number of ether oxygens (including phenoxy) is 1. The van der Waals surface area contributed by atoms with E-state index in [2.05, 4.69) is 5.32 Å². The number of likely N-dealkylation sites (N-methyl/N-ethyl adjacent to an activating group) is 1. The summed E-state index contributed by atoms with van der Waals surface area (Å²) in [6.45, 7) is 1.65. The number of halogens is 2. The molecule has 0 radical (unpaired) electrons. The van der Waals surface area contributed by atoms with Gasteiger partial charge in [0, 0.05) is 20.5 Å². The van der Waals surface area contributed by atoms with E-state index < -0.39 is 0 Å². The van der Waals surface area contributed by atoms with Crippen molar-refractivity contribution in [3.8, 4) is 5.75 Å². The van der Waals surface area contributed by atoms with Gasteiger partial charge in [0.2, 0.25) is 5.91 Å². The van der Waals surface area contributed by atoms with Gasteiger partial charge >= 0.3 is 0 Å². The molecule has 7 heteroatoms. The van der Waals surface area contributed by atoms with Gasteiger partial charge < -0.3 is 15.0 Å². The van der Waals surface area contributed by atoms with E-state index in [4.69, 9.17) is 27.9 Å². The molecule has 0 saturated heterocycles. The maximum atomic E-state index is 12.3. The Hall–Kier alpha value is -2.24. The van der Waals surface area contributed by atoms with Gasteiger partial charge in [-0.2, -0.15) is 0 Å². The van der Waals surface area contributed by atoms with E-state index in [0.29, 0.717) is 28.0 Å². The van der Waals surface area contributed by atoms with Crippen LogP contribution < -0.4 is 10.1 Å². The number of amides is 2. The van der Waals surface area contributed by atoms with E-state index in [9.17, 15) is 9.59 Å². The van der Waals surface area contributed by atoms with E-state index in [1.165, 1.54) is 11.8 Å². The highest BCUT2D eigenvalue weighted by Crippen LogP contribution is 2.24. The summed E-state index contributed by atoms with van der Waals surface area (Å²) in [5.74, 6) is 0.0248. The maximum absolute atomic E-state index is 12.3. The average molecular weight is 381 g/mol. The Morgan fingerprint density at radius 3 is 2.52 bits per heavy atom. The van der Waals surface area contributed by atoms with Crippen molar-refractivity contribution < 1.29 is 14.3 Å². The van der Waals surface area contributed by atoms with Crippen molar-refractivity contribution in [1.82, 2.24) is 4.90 Å². The van der Waals surface area contributed by atoms with E-state index in [-0.39, 0.29) is 18.4 Å². The zero-order chi connectivity index (χ0) is 18.4. The molecular weight excluding hydrogens is 363 g/mol. The van der Waals surface area contributed by atoms with Crippen LogP contribution in [0.15, 0.2) is 42.5 Å². The fourth-order valence-corrected chi connectivity index (χ4v) is 2.46. The Bertz CT molecular complexity index is 781. The minimum absolute atomic E-state index is 0.144.